The van der Waals surface area contributed by atoms with Crippen LogP contribution in [0.3, 0.4) is 0 Å². The van der Waals surface area contributed by atoms with Crippen molar-refractivity contribution in [1.82, 2.24) is 19.8 Å². The second-order valence-electron chi connectivity index (χ2n) is 8.58. The van der Waals surface area contributed by atoms with Crippen molar-refractivity contribution >= 4 is 45.0 Å². The number of fused-ring (bicyclic) bond motifs is 2. The summed E-state index contributed by atoms with van der Waals surface area (Å²) in [5.41, 5.74) is 4.44. The Morgan fingerprint density at radius 1 is 1.21 bits per heavy atom. The number of anilines is 1. The number of ether oxygens (including phenoxy) is 1. The lowest BCUT2D eigenvalue weighted by molar-refractivity contribution is -0.145. The van der Waals surface area contributed by atoms with Crippen molar-refractivity contribution in [3.63, 3.8) is 0 Å². The number of hydrogen-bond acceptors (Lipinski definition) is 5. The maximum atomic E-state index is 13.5. The molecule has 0 saturated carbocycles. The van der Waals surface area contributed by atoms with Gasteiger partial charge in [-0.2, -0.15) is 0 Å². The van der Waals surface area contributed by atoms with Crippen molar-refractivity contribution in [1.29, 1.82) is 0 Å². The summed E-state index contributed by atoms with van der Waals surface area (Å²) in [5, 5.41) is 5.36. The van der Waals surface area contributed by atoms with Gasteiger partial charge < -0.3 is 19.9 Å². The van der Waals surface area contributed by atoms with Crippen LogP contribution < -0.4 is 5.32 Å². The van der Waals surface area contributed by atoms with Crippen LogP contribution in [0.1, 0.15) is 16.8 Å². The lowest BCUT2D eigenvalue weighted by Crippen LogP contribution is -2.58. The van der Waals surface area contributed by atoms with Crippen molar-refractivity contribution < 1.29 is 9.53 Å². The number of aromatic amines is 1. The Balaban J connectivity index is 1.36. The number of alkyl halides is 1. The molecule has 0 bridgehead atoms. The van der Waals surface area contributed by atoms with E-state index in [1.807, 2.05) is 47.2 Å². The maximum Gasteiger partial charge on any atom is 0.242 e. The van der Waals surface area contributed by atoms with Gasteiger partial charge in [0.2, 0.25) is 5.91 Å². The molecule has 8 heteroatoms. The van der Waals surface area contributed by atoms with Crippen LogP contribution >= 0.6 is 11.6 Å². The van der Waals surface area contributed by atoms with E-state index < -0.39 is 11.5 Å². The zero-order valence-electron chi connectivity index (χ0n) is 19.3. The number of benzene rings is 2. The van der Waals surface area contributed by atoms with Gasteiger partial charge in [-0.3, -0.25) is 14.7 Å². The van der Waals surface area contributed by atoms with E-state index in [4.69, 9.17) is 16.3 Å². The third kappa shape index (κ3) is 4.22. The minimum absolute atomic E-state index is 0.0203. The first-order valence-corrected chi connectivity index (χ1v) is 11.8. The third-order valence-electron chi connectivity index (χ3n) is 6.50. The minimum atomic E-state index is -0.456. The molecule has 176 valence electrons. The topological polar surface area (TPSA) is 73.5 Å². The van der Waals surface area contributed by atoms with E-state index >= 15 is 0 Å². The van der Waals surface area contributed by atoms with Gasteiger partial charge in [-0.1, -0.05) is 41.9 Å². The molecular formula is C26H28ClN5O2. The number of amides is 1. The second-order valence-corrected chi connectivity index (χ2v) is 8.99. The molecule has 2 aromatic carbocycles. The first-order chi connectivity index (χ1) is 16.6. The van der Waals surface area contributed by atoms with Crippen LogP contribution in [0, 0.1) is 0 Å². The molecule has 2 aromatic heterocycles. The molecule has 7 nitrogen and oxygen atoms in total. The number of para-hydroxylation sites is 1. The van der Waals surface area contributed by atoms with Crippen LogP contribution in [0.2, 0.25) is 0 Å². The molecule has 34 heavy (non-hydrogen) atoms. The molecule has 5 rings (SSSR count). The Morgan fingerprint density at radius 2 is 2.06 bits per heavy atom. The monoisotopic (exact) mass is 477 g/mol. The highest BCUT2D eigenvalue weighted by atomic mass is 35.5. The Bertz CT molecular complexity index is 1290. The summed E-state index contributed by atoms with van der Waals surface area (Å²) in [6, 6.07) is 17.8. The smallest absolute Gasteiger partial charge is 0.242 e. The number of rotatable bonds is 7. The predicted molar refractivity (Wildman–Crippen MR) is 136 cm³/mol. The van der Waals surface area contributed by atoms with E-state index in [-0.39, 0.29) is 12.5 Å². The van der Waals surface area contributed by atoms with Gasteiger partial charge in [0, 0.05) is 62.3 Å². The van der Waals surface area contributed by atoms with Gasteiger partial charge in [0.05, 0.1) is 12.1 Å². The zero-order chi connectivity index (χ0) is 23.7. The van der Waals surface area contributed by atoms with Crippen LogP contribution in [0.4, 0.5) is 5.69 Å². The zero-order valence-corrected chi connectivity index (χ0v) is 20.0. The van der Waals surface area contributed by atoms with Crippen molar-refractivity contribution in [2.45, 2.75) is 18.1 Å². The van der Waals surface area contributed by atoms with Crippen molar-refractivity contribution in [3.05, 3.63) is 72.1 Å². The average Bonchev–Trinajstić information content (AvgIpc) is 3.30. The molecule has 0 radical (unpaired) electrons. The van der Waals surface area contributed by atoms with Crippen LogP contribution in [0.15, 0.2) is 60.8 Å². The normalized spacial score (nSPS) is 18.0. The number of nitrogens with one attached hydrogen (secondary N) is 2. The quantitative estimate of drug-likeness (QED) is 0.306. The van der Waals surface area contributed by atoms with Crippen molar-refractivity contribution in [3.8, 4) is 0 Å². The highest BCUT2D eigenvalue weighted by Crippen LogP contribution is 2.32. The molecule has 0 aliphatic carbocycles. The predicted octanol–water partition coefficient (Wildman–Crippen LogP) is 4.35. The largest absolute Gasteiger partial charge is 0.388 e. The number of pyridine rings is 1. The Morgan fingerprint density at radius 3 is 2.85 bits per heavy atom. The van der Waals surface area contributed by atoms with Crippen LogP contribution in [0.5, 0.6) is 0 Å². The number of halogens is 1. The molecular weight excluding hydrogens is 450 g/mol. The van der Waals surface area contributed by atoms with E-state index in [0.717, 1.165) is 38.8 Å². The minimum Gasteiger partial charge on any atom is -0.388 e. The SMILES string of the molecule is CNc1ccnc2cc(CN3CCN([C@@H](Cl)c4cc5ccccc5[nH]4)[C@@H](COC)C3=O)ccc12. The van der Waals surface area contributed by atoms with Crippen LogP contribution in [0.25, 0.3) is 21.8 Å². The Hall–Kier alpha value is -3.13. The Kier molecular flexibility index (Phi) is 6.41. The van der Waals surface area contributed by atoms with E-state index in [0.29, 0.717) is 19.6 Å². The summed E-state index contributed by atoms with van der Waals surface area (Å²) in [4.78, 5) is 25.3. The lowest BCUT2D eigenvalue weighted by Gasteiger charge is -2.42. The first kappa shape index (κ1) is 22.7. The molecule has 1 saturated heterocycles. The number of carbonyl (C=O) groups excluding carboxylic acids is 1. The fraction of sp³-hybridized carbons (Fsp3) is 0.308. The standard InChI is InChI=1S/C26H28ClN5O2/c1-28-21-9-10-29-22-13-17(7-8-19(21)22)15-31-11-12-32(24(16-34-2)26(31)33)25(27)23-14-18-5-3-4-6-20(18)30-23/h3-10,13-14,24-25,30H,11-12,15-16H2,1-2H3,(H,28,29)/t24-,25+/m0/s1. The van der Waals surface area contributed by atoms with E-state index in [9.17, 15) is 4.79 Å². The summed E-state index contributed by atoms with van der Waals surface area (Å²) in [6.45, 7) is 2.04. The summed E-state index contributed by atoms with van der Waals surface area (Å²) in [6.07, 6.45) is 1.79. The van der Waals surface area contributed by atoms with Gasteiger partial charge >= 0.3 is 0 Å². The highest BCUT2D eigenvalue weighted by molar-refractivity contribution is 6.20. The molecule has 2 N–H and O–H groups in total. The number of H-pyrrole nitrogens is 1. The van der Waals surface area contributed by atoms with Gasteiger partial charge in [0.15, 0.2) is 0 Å². The van der Waals surface area contributed by atoms with Crippen LogP contribution in [-0.4, -0.2) is 65.6 Å². The summed E-state index contributed by atoms with van der Waals surface area (Å²) in [7, 11) is 3.52. The fourth-order valence-electron chi connectivity index (χ4n) is 4.74. The highest BCUT2D eigenvalue weighted by Gasteiger charge is 2.38. The number of carbonyl (C=O) groups is 1. The molecule has 0 spiro atoms. The van der Waals surface area contributed by atoms with Gasteiger partial charge in [0.25, 0.3) is 0 Å². The molecule has 1 fully saturated rings. The van der Waals surface area contributed by atoms with Crippen molar-refractivity contribution in [2.75, 3.05) is 39.2 Å². The van der Waals surface area contributed by atoms with Crippen molar-refractivity contribution in [2.24, 2.45) is 0 Å². The number of nitrogens with zero attached hydrogens (tertiary/aromatic N) is 3. The van der Waals surface area contributed by atoms with Gasteiger partial charge in [-0.05, 0) is 35.2 Å². The number of aromatic nitrogens is 2. The van der Waals surface area contributed by atoms with E-state index in [1.165, 1.54) is 0 Å². The lowest BCUT2D eigenvalue weighted by atomic mass is 10.1. The van der Waals surface area contributed by atoms with E-state index in [1.54, 1.807) is 13.3 Å². The van der Waals surface area contributed by atoms with Crippen LogP contribution in [-0.2, 0) is 16.1 Å². The maximum absolute atomic E-state index is 13.5. The molecule has 4 aromatic rings. The summed E-state index contributed by atoms with van der Waals surface area (Å²) in [5.74, 6) is 0.0203. The fourth-order valence-corrected chi connectivity index (χ4v) is 5.09. The molecule has 2 atom stereocenters. The second kappa shape index (κ2) is 9.62. The first-order valence-electron chi connectivity index (χ1n) is 11.4. The van der Waals surface area contributed by atoms with Gasteiger partial charge in [0.1, 0.15) is 11.5 Å². The average molecular weight is 478 g/mol. The van der Waals surface area contributed by atoms with Gasteiger partial charge in [-0.15, -0.1) is 0 Å². The number of methoxy groups -OCH3 is 1. The molecule has 1 aliphatic rings. The summed E-state index contributed by atoms with van der Waals surface area (Å²) >= 11 is 6.91. The molecule has 3 heterocycles. The Labute approximate surface area is 203 Å². The third-order valence-corrected chi connectivity index (χ3v) is 6.98. The number of piperazine rings is 1. The number of hydrogen-bond donors (Lipinski definition) is 2. The summed E-state index contributed by atoms with van der Waals surface area (Å²) < 4.78 is 5.43. The molecule has 1 aliphatic heterocycles. The van der Waals surface area contributed by atoms with Gasteiger partial charge in [-0.25, -0.2) is 0 Å². The molecule has 0 unspecified atom stereocenters. The van der Waals surface area contributed by atoms with E-state index in [2.05, 4.69) is 39.6 Å². The molecule has 1 amide bonds.